The van der Waals surface area contributed by atoms with Crippen molar-refractivity contribution in [3.8, 4) is 0 Å². The van der Waals surface area contributed by atoms with Gasteiger partial charge in [0, 0.05) is 12.6 Å². The summed E-state index contributed by atoms with van der Waals surface area (Å²) in [6.45, 7) is 4.81. The number of carboxylic acid groups (broad SMARTS) is 1. The number of rotatable bonds is 2. The van der Waals surface area contributed by atoms with Crippen LogP contribution in [0.2, 0.25) is 0 Å². The van der Waals surface area contributed by atoms with Crippen molar-refractivity contribution in [2.45, 2.75) is 38.8 Å². The van der Waals surface area contributed by atoms with Crippen LogP contribution in [0.5, 0.6) is 0 Å². The number of carbonyl (C=O) groups is 2. The van der Waals surface area contributed by atoms with Crippen LogP contribution >= 0.6 is 0 Å². The lowest BCUT2D eigenvalue weighted by molar-refractivity contribution is -0.143. The SMILES string of the molecule is CC1CC(C(=O)N2CCC(C(=O)O)C2C)CO1. The average Bonchev–Trinajstić information content (AvgIpc) is 2.83. The van der Waals surface area contributed by atoms with Gasteiger partial charge in [-0.25, -0.2) is 0 Å². The van der Waals surface area contributed by atoms with E-state index in [2.05, 4.69) is 0 Å². The quantitative estimate of drug-likeness (QED) is 0.774. The highest BCUT2D eigenvalue weighted by Gasteiger charge is 2.41. The maximum Gasteiger partial charge on any atom is 0.308 e. The minimum absolute atomic E-state index is 0.0607. The summed E-state index contributed by atoms with van der Waals surface area (Å²) in [6.07, 6.45) is 1.45. The molecule has 2 saturated heterocycles. The van der Waals surface area contributed by atoms with Crippen molar-refractivity contribution in [3.63, 3.8) is 0 Å². The average molecular weight is 241 g/mol. The number of nitrogens with zero attached hydrogens (tertiary/aromatic N) is 1. The first-order chi connectivity index (χ1) is 8.00. The van der Waals surface area contributed by atoms with E-state index in [1.54, 1.807) is 4.90 Å². The second-order valence-corrected chi connectivity index (χ2v) is 5.08. The molecular weight excluding hydrogens is 222 g/mol. The highest BCUT2D eigenvalue weighted by atomic mass is 16.5. The van der Waals surface area contributed by atoms with E-state index >= 15 is 0 Å². The number of aliphatic carboxylic acids is 1. The third-order valence-corrected chi connectivity index (χ3v) is 3.90. The Hall–Kier alpha value is -1.10. The van der Waals surface area contributed by atoms with Crippen LogP contribution in [-0.4, -0.2) is 47.2 Å². The Balaban J connectivity index is 1.99. The fourth-order valence-electron chi connectivity index (χ4n) is 2.80. The Morgan fingerprint density at radius 1 is 1.35 bits per heavy atom. The highest BCUT2D eigenvalue weighted by Crippen LogP contribution is 2.29. The highest BCUT2D eigenvalue weighted by molar-refractivity contribution is 5.81. The van der Waals surface area contributed by atoms with E-state index in [1.165, 1.54) is 0 Å². The van der Waals surface area contributed by atoms with Crippen molar-refractivity contribution < 1.29 is 19.4 Å². The molecule has 0 spiro atoms. The normalized spacial score (nSPS) is 37.4. The summed E-state index contributed by atoms with van der Waals surface area (Å²) in [7, 11) is 0. The van der Waals surface area contributed by atoms with Crippen LogP contribution in [0, 0.1) is 11.8 Å². The molecule has 4 unspecified atom stereocenters. The molecule has 96 valence electrons. The van der Waals surface area contributed by atoms with Gasteiger partial charge in [-0.3, -0.25) is 9.59 Å². The molecule has 0 aromatic carbocycles. The smallest absolute Gasteiger partial charge is 0.308 e. The molecule has 2 aliphatic heterocycles. The summed E-state index contributed by atoms with van der Waals surface area (Å²) in [6, 6.07) is -0.198. The summed E-state index contributed by atoms with van der Waals surface area (Å²) in [5, 5.41) is 9.03. The van der Waals surface area contributed by atoms with Crippen LogP contribution in [0.25, 0.3) is 0 Å². The lowest BCUT2D eigenvalue weighted by Crippen LogP contribution is -2.41. The van der Waals surface area contributed by atoms with Gasteiger partial charge in [-0.1, -0.05) is 0 Å². The molecule has 0 aliphatic carbocycles. The molecule has 0 aromatic rings. The summed E-state index contributed by atoms with van der Waals surface area (Å²) in [4.78, 5) is 24.9. The summed E-state index contributed by atoms with van der Waals surface area (Å²) in [5.41, 5.74) is 0. The predicted octanol–water partition coefficient (Wildman–Crippen LogP) is 0.733. The van der Waals surface area contributed by atoms with E-state index in [0.717, 1.165) is 6.42 Å². The molecular formula is C12H19NO4. The Morgan fingerprint density at radius 3 is 2.53 bits per heavy atom. The largest absolute Gasteiger partial charge is 0.481 e. The number of likely N-dealkylation sites (tertiary alicyclic amines) is 1. The van der Waals surface area contributed by atoms with Crippen LogP contribution in [0.3, 0.4) is 0 Å². The molecule has 17 heavy (non-hydrogen) atoms. The fourth-order valence-corrected chi connectivity index (χ4v) is 2.80. The Morgan fingerprint density at radius 2 is 2.06 bits per heavy atom. The predicted molar refractivity (Wildman–Crippen MR) is 60.4 cm³/mol. The van der Waals surface area contributed by atoms with Crippen molar-refractivity contribution in [2.75, 3.05) is 13.2 Å². The lowest BCUT2D eigenvalue weighted by Gasteiger charge is -2.25. The van der Waals surface area contributed by atoms with Crippen molar-refractivity contribution in [1.82, 2.24) is 4.90 Å². The van der Waals surface area contributed by atoms with Crippen molar-refractivity contribution in [3.05, 3.63) is 0 Å². The van der Waals surface area contributed by atoms with Gasteiger partial charge in [0.2, 0.25) is 5.91 Å². The summed E-state index contributed by atoms with van der Waals surface area (Å²) >= 11 is 0. The second-order valence-electron chi connectivity index (χ2n) is 5.08. The van der Waals surface area contributed by atoms with Gasteiger partial charge in [0.1, 0.15) is 0 Å². The minimum Gasteiger partial charge on any atom is -0.481 e. The molecule has 5 nitrogen and oxygen atoms in total. The van der Waals surface area contributed by atoms with Gasteiger partial charge in [0.15, 0.2) is 0 Å². The molecule has 2 aliphatic rings. The molecule has 5 heteroatoms. The second kappa shape index (κ2) is 4.64. The fraction of sp³-hybridized carbons (Fsp3) is 0.833. The molecule has 0 radical (unpaired) electrons. The van der Waals surface area contributed by atoms with E-state index < -0.39 is 11.9 Å². The number of amides is 1. The number of carbonyl (C=O) groups excluding carboxylic acids is 1. The zero-order valence-electron chi connectivity index (χ0n) is 10.3. The topological polar surface area (TPSA) is 66.8 Å². The van der Waals surface area contributed by atoms with Crippen molar-refractivity contribution in [1.29, 1.82) is 0 Å². The molecule has 4 atom stereocenters. The summed E-state index contributed by atoms with van der Waals surface area (Å²) in [5.74, 6) is -1.24. The van der Waals surface area contributed by atoms with E-state index in [9.17, 15) is 9.59 Å². The lowest BCUT2D eigenvalue weighted by atomic mass is 10.0. The van der Waals surface area contributed by atoms with Crippen LogP contribution in [0.4, 0.5) is 0 Å². The number of ether oxygens (including phenoxy) is 1. The number of carboxylic acids is 1. The zero-order chi connectivity index (χ0) is 12.6. The summed E-state index contributed by atoms with van der Waals surface area (Å²) < 4.78 is 5.39. The Bertz CT molecular complexity index is 330. The third kappa shape index (κ3) is 2.29. The first-order valence-corrected chi connectivity index (χ1v) is 6.15. The van der Waals surface area contributed by atoms with Gasteiger partial charge >= 0.3 is 5.97 Å². The first kappa shape index (κ1) is 12.4. The third-order valence-electron chi connectivity index (χ3n) is 3.90. The van der Waals surface area contributed by atoms with Crippen LogP contribution in [-0.2, 0) is 14.3 Å². The van der Waals surface area contributed by atoms with Gasteiger partial charge in [-0.15, -0.1) is 0 Å². The number of hydrogen-bond donors (Lipinski definition) is 1. The molecule has 2 rings (SSSR count). The van der Waals surface area contributed by atoms with Crippen LogP contribution < -0.4 is 0 Å². The monoisotopic (exact) mass is 241 g/mol. The van der Waals surface area contributed by atoms with E-state index in [1.807, 2.05) is 13.8 Å². The molecule has 0 bridgehead atoms. The van der Waals surface area contributed by atoms with E-state index in [0.29, 0.717) is 19.6 Å². The van der Waals surface area contributed by atoms with Crippen LogP contribution in [0.1, 0.15) is 26.7 Å². The van der Waals surface area contributed by atoms with Crippen LogP contribution in [0.15, 0.2) is 0 Å². The molecule has 1 amide bonds. The van der Waals surface area contributed by atoms with Gasteiger partial charge in [0.05, 0.1) is 24.5 Å². The standard InChI is InChI=1S/C12H19NO4/c1-7-5-9(6-17-7)11(14)13-4-3-10(8(13)2)12(15)16/h7-10H,3-6H2,1-2H3,(H,15,16). The number of hydrogen-bond acceptors (Lipinski definition) is 3. The minimum atomic E-state index is -0.802. The molecule has 0 aromatic heterocycles. The maximum absolute atomic E-state index is 12.2. The van der Waals surface area contributed by atoms with Gasteiger partial charge in [-0.2, -0.15) is 0 Å². The molecule has 2 heterocycles. The van der Waals surface area contributed by atoms with Gasteiger partial charge in [-0.05, 0) is 26.7 Å². The van der Waals surface area contributed by atoms with Crippen molar-refractivity contribution >= 4 is 11.9 Å². The molecule has 0 saturated carbocycles. The zero-order valence-corrected chi connectivity index (χ0v) is 10.3. The molecule has 1 N–H and O–H groups in total. The van der Waals surface area contributed by atoms with E-state index in [-0.39, 0.29) is 24.0 Å². The van der Waals surface area contributed by atoms with Gasteiger partial charge in [0.25, 0.3) is 0 Å². The van der Waals surface area contributed by atoms with E-state index in [4.69, 9.17) is 9.84 Å². The first-order valence-electron chi connectivity index (χ1n) is 6.15. The van der Waals surface area contributed by atoms with Crippen molar-refractivity contribution in [2.24, 2.45) is 11.8 Å². The maximum atomic E-state index is 12.2. The molecule has 2 fully saturated rings. The van der Waals surface area contributed by atoms with Gasteiger partial charge < -0.3 is 14.7 Å². The Kier molecular flexibility index (Phi) is 3.38. The Labute approximate surface area is 101 Å².